The Kier molecular flexibility index (Phi) is 32.3. The van der Waals surface area contributed by atoms with Gasteiger partial charge in [-0.2, -0.15) is 0 Å². The van der Waals surface area contributed by atoms with Gasteiger partial charge in [0.25, 0.3) is 0 Å². The number of ether oxygens (including phenoxy) is 2. The molecule has 0 fully saturated rings. The zero-order chi connectivity index (χ0) is 29.4. The molecule has 0 saturated carbocycles. The molecule has 0 aliphatic carbocycles. The van der Waals surface area contributed by atoms with E-state index in [0.717, 1.165) is 84.2 Å². The smallest absolute Gasteiger partial charge is 0.308 e. The highest BCUT2D eigenvalue weighted by Gasteiger charge is 2.19. The Bertz CT molecular complexity index is 502. The second kappa shape index (κ2) is 32.9. The number of unbranched alkanes of at least 4 members (excludes halogenated alkanes) is 15. The van der Waals surface area contributed by atoms with Crippen LogP contribution in [0, 0.1) is 5.92 Å². The zero-order valence-corrected chi connectivity index (χ0v) is 27.4. The van der Waals surface area contributed by atoms with Crippen molar-refractivity contribution in [2.75, 3.05) is 46.1 Å². The molecule has 0 saturated heterocycles. The van der Waals surface area contributed by atoms with E-state index in [1.165, 1.54) is 96.3 Å². The Morgan fingerprint density at radius 2 is 1.02 bits per heavy atom. The Labute approximate surface area is 250 Å². The predicted molar refractivity (Wildman–Crippen MR) is 172 cm³/mol. The number of nitrogens with zero attached hydrogens (tertiary/aromatic N) is 1. The van der Waals surface area contributed by atoms with Crippen molar-refractivity contribution < 1.29 is 19.4 Å². The molecule has 1 atom stereocenters. The van der Waals surface area contributed by atoms with Crippen LogP contribution in [0.25, 0.3) is 0 Å². The number of hydrogen-bond donors (Lipinski definition) is 1. The van der Waals surface area contributed by atoms with E-state index >= 15 is 0 Å². The summed E-state index contributed by atoms with van der Waals surface area (Å²) < 4.78 is 11.4. The average Bonchev–Trinajstić information content (AvgIpc) is 2.96. The van der Waals surface area contributed by atoms with E-state index in [0.29, 0.717) is 13.2 Å². The van der Waals surface area contributed by atoms with Crippen molar-refractivity contribution in [3.63, 3.8) is 0 Å². The molecule has 240 valence electrons. The number of esters is 1. The van der Waals surface area contributed by atoms with Gasteiger partial charge < -0.3 is 19.5 Å². The third kappa shape index (κ3) is 27.5. The quantitative estimate of drug-likeness (QED) is 0.0630. The summed E-state index contributed by atoms with van der Waals surface area (Å²) in [6, 6.07) is 0. The molecule has 0 aromatic heterocycles. The maximum atomic E-state index is 12.8. The molecule has 0 radical (unpaired) electrons. The summed E-state index contributed by atoms with van der Waals surface area (Å²) in [7, 11) is 0. The van der Waals surface area contributed by atoms with Crippen LogP contribution in [0.1, 0.15) is 168 Å². The van der Waals surface area contributed by atoms with Crippen molar-refractivity contribution >= 4 is 5.97 Å². The fraction of sp³-hybridized carbons (Fsp3) is 0.971. The number of carbonyl (C=O) groups is 1. The first-order valence-corrected chi connectivity index (χ1v) is 17.8. The van der Waals surface area contributed by atoms with Gasteiger partial charge in [-0.15, -0.1) is 0 Å². The fourth-order valence-electron chi connectivity index (χ4n) is 5.37. The van der Waals surface area contributed by atoms with Crippen LogP contribution < -0.4 is 0 Å². The largest absolute Gasteiger partial charge is 0.465 e. The molecule has 0 spiro atoms. The first-order chi connectivity index (χ1) is 19.7. The SMILES string of the molecule is CCCCCCCCC(CCCCCC)C(=O)OCCCCCCN(CCCCO)CCCCCCOCCC. The van der Waals surface area contributed by atoms with E-state index in [-0.39, 0.29) is 11.9 Å². The monoisotopic (exact) mass is 570 g/mol. The fourth-order valence-corrected chi connectivity index (χ4v) is 5.37. The van der Waals surface area contributed by atoms with Crippen molar-refractivity contribution in [1.29, 1.82) is 0 Å². The minimum atomic E-state index is 0.0667. The normalized spacial score (nSPS) is 12.3. The highest BCUT2D eigenvalue weighted by atomic mass is 16.5. The molecule has 5 nitrogen and oxygen atoms in total. The lowest BCUT2D eigenvalue weighted by molar-refractivity contribution is -0.149. The molecule has 0 bridgehead atoms. The van der Waals surface area contributed by atoms with Crippen molar-refractivity contribution in [2.24, 2.45) is 5.92 Å². The third-order valence-corrected chi connectivity index (χ3v) is 8.00. The van der Waals surface area contributed by atoms with Crippen molar-refractivity contribution in [3.05, 3.63) is 0 Å². The highest BCUT2D eigenvalue weighted by molar-refractivity contribution is 5.72. The van der Waals surface area contributed by atoms with Crippen LogP contribution in [0.2, 0.25) is 0 Å². The molecule has 0 rings (SSSR count). The molecule has 0 aliphatic heterocycles. The minimum Gasteiger partial charge on any atom is -0.465 e. The second-order valence-electron chi connectivity index (χ2n) is 12.0. The lowest BCUT2D eigenvalue weighted by Gasteiger charge is -2.22. The highest BCUT2D eigenvalue weighted by Crippen LogP contribution is 2.21. The summed E-state index contributed by atoms with van der Waals surface area (Å²) in [6.07, 6.45) is 27.1. The Hall–Kier alpha value is -0.650. The van der Waals surface area contributed by atoms with Crippen molar-refractivity contribution in [2.45, 2.75) is 168 Å². The van der Waals surface area contributed by atoms with E-state index in [1.54, 1.807) is 0 Å². The van der Waals surface area contributed by atoms with Crippen LogP contribution in [0.3, 0.4) is 0 Å². The summed E-state index contributed by atoms with van der Waals surface area (Å²) in [6.45, 7) is 12.7. The molecule has 40 heavy (non-hydrogen) atoms. The third-order valence-electron chi connectivity index (χ3n) is 8.00. The van der Waals surface area contributed by atoms with Crippen LogP contribution in [0.5, 0.6) is 0 Å². The molecule has 0 heterocycles. The molecule has 0 aliphatic rings. The number of hydrogen-bond acceptors (Lipinski definition) is 5. The van der Waals surface area contributed by atoms with Crippen LogP contribution in [-0.2, 0) is 14.3 Å². The van der Waals surface area contributed by atoms with E-state index in [2.05, 4.69) is 25.7 Å². The first kappa shape index (κ1) is 39.4. The summed E-state index contributed by atoms with van der Waals surface area (Å²) >= 11 is 0. The van der Waals surface area contributed by atoms with E-state index in [9.17, 15) is 4.79 Å². The summed E-state index contributed by atoms with van der Waals surface area (Å²) in [4.78, 5) is 15.4. The Morgan fingerprint density at radius 1 is 0.550 bits per heavy atom. The van der Waals surface area contributed by atoms with Gasteiger partial charge in [0, 0.05) is 19.8 Å². The van der Waals surface area contributed by atoms with Gasteiger partial charge in [0.2, 0.25) is 0 Å². The molecule has 0 aromatic rings. The van der Waals surface area contributed by atoms with Crippen LogP contribution in [0.4, 0.5) is 0 Å². The molecule has 0 aromatic carbocycles. The topological polar surface area (TPSA) is 59.0 Å². The standard InChI is InChI=1S/C35H71NO4/c1-4-7-9-11-12-18-26-34(25-17-10-8-5-2)35(38)40-33-24-16-14-20-28-36(29-21-22-30-37)27-19-13-15-23-32-39-31-6-3/h34,37H,4-33H2,1-3H3. The molecular weight excluding hydrogens is 498 g/mol. The van der Waals surface area contributed by atoms with Gasteiger partial charge in [-0.25, -0.2) is 0 Å². The maximum Gasteiger partial charge on any atom is 0.308 e. The predicted octanol–water partition coefficient (Wildman–Crippen LogP) is 9.49. The number of aliphatic hydroxyl groups is 1. The van der Waals surface area contributed by atoms with Gasteiger partial charge in [-0.1, -0.05) is 111 Å². The summed E-state index contributed by atoms with van der Waals surface area (Å²) in [5.41, 5.74) is 0. The van der Waals surface area contributed by atoms with Gasteiger partial charge in [0.05, 0.1) is 12.5 Å². The first-order valence-electron chi connectivity index (χ1n) is 17.8. The van der Waals surface area contributed by atoms with Crippen molar-refractivity contribution in [3.8, 4) is 0 Å². The van der Waals surface area contributed by atoms with Crippen LogP contribution >= 0.6 is 0 Å². The lowest BCUT2D eigenvalue weighted by Crippen LogP contribution is -2.27. The van der Waals surface area contributed by atoms with Crippen LogP contribution in [0.15, 0.2) is 0 Å². The average molecular weight is 570 g/mol. The Morgan fingerprint density at radius 3 is 1.60 bits per heavy atom. The van der Waals surface area contributed by atoms with Gasteiger partial charge in [-0.3, -0.25) is 4.79 Å². The van der Waals surface area contributed by atoms with E-state index in [1.807, 2.05) is 0 Å². The van der Waals surface area contributed by atoms with Crippen molar-refractivity contribution in [1.82, 2.24) is 4.90 Å². The minimum absolute atomic E-state index is 0.0667. The zero-order valence-electron chi connectivity index (χ0n) is 27.4. The van der Waals surface area contributed by atoms with Gasteiger partial charge in [-0.05, 0) is 77.4 Å². The maximum absolute atomic E-state index is 12.8. The molecule has 0 amide bonds. The van der Waals surface area contributed by atoms with Gasteiger partial charge in [0.1, 0.15) is 0 Å². The van der Waals surface area contributed by atoms with Gasteiger partial charge in [0.15, 0.2) is 0 Å². The molecule has 5 heteroatoms. The molecule has 1 N–H and O–H groups in total. The van der Waals surface area contributed by atoms with Gasteiger partial charge >= 0.3 is 5.97 Å². The molecule has 1 unspecified atom stereocenters. The number of carbonyl (C=O) groups excluding carboxylic acids is 1. The number of rotatable bonds is 33. The Balaban J connectivity index is 4.12. The lowest BCUT2D eigenvalue weighted by atomic mass is 9.94. The number of aliphatic hydroxyl groups excluding tert-OH is 1. The molecular formula is C35H71NO4. The van der Waals surface area contributed by atoms with E-state index in [4.69, 9.17) is 14.6 Å². The second-order valence-corrected chi connectivity index (χ2v) is 12.0. The summed E-state index contributed by atoms with van der Waals surface area (Å²) in [5, 5.41) is 9.16. The van der Waals surface area contributed by atoms with E-state index < -0.39 is 0 Å². The summed E-state index contributed by atoms with van der Waals surface area (Å²) in [5.74, 6) is 0.177. The van der Waals surface area contributed by atoms with Crippen LogP contribution in [-0.4, -0.2) is 62.0 Å².